The van der Waals surface area contributed by atoms with E-state index in [4.69, 9.17) is 4.84 Å². The minimum Gasteiger partial charge on any atom is -0.270 e. The molecule has 0 heterocycles. The number of rotatable bonds is 5. The third-order valence-corrected chi connectivity index (χ3v) is 1.17. The largest absolute Gasteiger partial charge is 0.274 e. The summed E-state index contributed by atoms with van der Waals surface area (Å²) in [6.45, 7) is 5.55. The van der Waals surface area contributed by atoms with E-state index in [2.05, 4.69) is 5.29 Å². The van der Waals surface area contributed by atoms with Gasteiger partial charge in [0.15, 0.2) is 0 Å². The van der Waals surface area contributed by atoms with E-state index in [1.165, 1.54) is 0 Å². The fraction of sp³-hybridized carbons (Fsp3) is 0.857. The molecule has 5 nitrogen and oxygen atoms in total. The number of hydrogen-bond acceptors (Lipinski definition) is 4. The number of nitrogens with zero attached hydrogens (tertiary/aromatic N) is 2. The Balaban J connectivity index is 3.96. The molecule has 5 heteroatoms. The summed E-state index contributed by atoms with van der Waals surface area (Å²) in [5, 5.41) is 2.97. The molecule has 0 bridgehead atoms. The van der Waals surface area contributed by atoms with Crippen LogP contribution >= 0.6 is 0 Å². The summed E-state index contributed by atoms with van der Waals surface area (Å²) in [6.07, 6.45) is 0.734. The topological polar surface area (TPSA) is 59.0 Å². The fourth-order valence-corrected chi connectivity index (χ4v) is 0.526. The Bertz CT molecular complexity index is 159. The van der Waals surface area contributed by atoms with Gasteiger partial charge in [-0.25, -0.2) is 4.84 Å². The van der Waals surface area contributed by atoms with Gasteiger partial charge < -0.3 is 0 Å². The van der Waals surface area contributed by atoms with Gasteiger partial charge in [0.2, 0.25) is 0 Å². The van der Waals surface area contributed by atoms with Crippen LogP contribution in [0.5, 0.6) is 0 Å². The third-order valence-electron chi connectivity index (χ3n) is 1.17. The monoisotopic (exact) mass is 174 g/mol. The lowest BCUT2D eigenvalue weighted by Gasteiger charge is -2.13. The molecule has 0 aromatic heterocycles. The average Bonchev–Trinajstić information content (AvgIpc) is 2.05. The van der Waals surface area contributed by atoms with Crippen molar-refractivity contribution < 1.29 is 9.63 Å². The maximum atomic E-state index is 11.1. The zero-order valence-electron chi connectivity index (χ0n) is 7.61. The van der Waals surface area contributed by atoms with E-state index in [-0.39, 0.29) is 5.92 Å². The summed E-state index contributed by atoms with van der Waals surface area (Å²) >= 11 is 0. The molecule has 0 saturated carbocycles. The van der Waals surface area contributed by atoms with E-state index in [1.54, 1.807) is 13.8 Å². The van der Waals surface area contributed by atoms with Crippen LogP contribution < -0.4 is 0 Å². The first-order valence-corrected chi connectivity index (χ1v) is 3.93. The standard InChI is InChI=1S/C7H14N2O3/c1-4-5-12-9(8-11)7(10)6(2)3/h6H,4-5H2,1-3H3. The van der Waals surface area contributed by atoms with E-state index < -0.39 is 5.91 Å². The molecule has 0 spiro atoms. The Kier molecular flexibility index (Phi) is 5.19. The molecule has 0 N–H and O–H groups in total. The van der Waals surface area contributed by atoms with E-state index in [0.717, 1.165) is 6.42 Å². The Labute approximate surface area is 71.6 Å². The van der Waals surface area contributed by atoms with Crippen molar-refractivity contribution in [3.63, 3.8) is 0 Å². The number of carbonyl (C=O) groups is 1. The Morgan fingerprint density at radius 1 is 1.58 bits per heavy atom. The molecular formula is C7H14N2O3. The number of nitroso groups, excluding NO2 is 1. The lowest BCUT2D eigenvalue weighted by molar-refractivity contribution is -0.191. The van der Waals surface area contributed by atoms with Crippen LogP contribution in [0.15, 0.2) is 5.29 Å². The average molecular weight is 174 g/mol. The highest BCUT2D eigenvalue weighted by Gasteiger charge is 2.18. The molecule has 0 rings (SSSR count). The number of hydrogen-bond donors (Lipinski definition) is 0. The van der Waals surface area contributed by atoms with Gasteiger partial charge in [-0.15, -0.1) is 4.91 Å². The van der Waals surface area contributed by atoms with E-state index in [9.17, 15) is 9.70 Å². The summed E-state index contributed by atoms with van der Waals surface area (Å²) in [4.78, 5) is 25.9. The van der Waals surface area contributed by atoms with Gasteiger partial charge in [0.1, 0.15) is 0 Å². The van der Waals surface area contributed by atoms with Crippen LogP contribution in [0, 0.1) is 10.8 Å². The molecule has 0 fully saturated rings. The van der Waals surface area contributed by atoms with E-state index in [0.29, 0.717) is 11.8 Å². The molecule has 0 radical (unpaired) electrons. The van der Waals surface area contributed by atoms with Gasteiger partial charge in [-0.2, -0.15) is 0 Å². The van der Waals surface area contributed by atoms with Crippen molar-refractivity contribution in [2.24, 2.45) is 11.2 Å². The number of carbonyl (C=O) groups excluding carboxylic acids is 1. The summed E-state index contributed by atoms with van der Waals surface area (Å²) in [6, 6.07) is 0. The van der Waals surface area contributed by atoms with Crippen LogP contribution in [0.1, 0.15) is 27.2 Å². The van der Waals surface area contributed by atoms with Crippen molar-refractivity contribution in [1.82, 2.24) is 5.17 Å². The molecule has 0 atom stereocenters. The van der Waals surface area contributed by atoms with Gasteiger partial charge in [-0.1, -0.05) is 25.9 Å². The SMILES string of the molecule is CCCON(N=O)C(=O)C(C)C. The van der Waals surface area contributed by atoms with Gasteiger partial charge in [0, 0.05) is 5.92 Å². The third kappa shape index (κ3) is 3.43. The second-order valence-electron chi connectivity index (χ2n) is 2.68. The van der Waals surface area contributed by atoms with Gasteiger partial charge in [0.25, 0.3) is 5.91 Å². The quantitative estimate of drug-likeness (QED) is 0.468. The van der Waals surface area contributed by atoms with Crippen LogP contribution in [0.25, 0.3) is 0 Å². The Hall–Kier alpha value is -0.970. The minimum atomic E-state index is -0.418. The number of amides is 1. The van der Waals surface area contributed by atoms with Crippen molar-refractivity contribution in [2.45, 2.75) is 27.2 Å². The van der Waals surface area contributed by atoms with Crippen molar-refractivity contribution >= 4 is 5.91 Å². The molecule has 0 unspecified atom stereocenters. The maximum absolute atomic E-state index is 11.1. The van der Waals surface area contributed by atoms with E-state index in [1.807, 2.05) is 6.92 Å². The predicted molar refractivity (Wildman–Crippen MR) is 43.7 cm³/mol. The first-order chi connectivity index (χ1) is 5.63. The first kappa shape index (κ1) is 11.0. The lowest BCUT2D eigenvalue weighted by atomic mass is 10.2. The molecule has 1 amide bonds. The predicted octanol–water partition coefficient (Wildman–Crippen LogP) is 1.49. The van der Waals surface area contributed by atoms with Crippen LogP contribution in [-0.4, -0.2) is 17.7 Å². The summed E-state index contributed by atoms with van der Waals surface area (Å²) in [5.41, 5.74) is 0. The van der Waals surface area contributed by atoms with Crippen LogP contribution in [0.3, 0.4) is 0 Å². The fourth-order valence-electron chi connectivity index (χ4n) is 0.526. The van der Waals surface area contributed by atoms with E-state index >= 15 is 0 Å². The maximum Gasteiger partial charge on any atom is 0.274 e. The molecule has 12 heavy (non-hydrogen) atoms. The summed E-state index contributed by atoms with van der Waals surface area (Å²) in [7, 11) is 0. The second-order valence-corrected chi connectivity index (χ2v) is 2.68. The molecule has 0 aliphatic rings. The van der Waals surface area contributed by atoms with Crippen molar-refractivity contribution in [3.05, 3.63) is 4.91 Å². The van der Waals surface area contributed by atoms with Gasteiger partial charge in [0.05, 0.1) is 11.9 Å². The van der Waals surface area contributed by atoms with Crippen molar-refractivity contribution in [2.75, 3.05) is 6.61 Å². The van der Waals surface area contributed by atoms with Gasteiger partial charge in [-0.3, -0.25) is 4.79 Å². The van der Waals surface area contributed by atoms with Crippen LogP contribution in [0.2, 0.25) is 0 Å². The first-order valence-electron chi connectivity index (χ1n) is 3.93. The minimum absolute atomic E-state index is 0.278. The Morgan fingerprint density at radius 3 is 2.50 bits per heavy atom. The zero-order valence-corrected chi connectivity index (χ0v) is 7.61. The highest BCUT2D eigenvalue weighted by Crippen LogP contribution is 2.02. The Morgan fingerprint density at radius 2 is 2.17 bits per heavy atom. The van der Waals surface area contributed by atoms with Crippen molar-refractivity contribution in [3.8, 4) is 0 Å². The molecule has 70 valence electrons. The molecular weight excluding hydrogens is 160 g/mol. The molecule has 0 aliphatic heterocycles. The van der Waals surface area contributed by atoms with Crippen LogP contribution in [-0.2, 0) is 9.63 Å². The summed E-state index contributed by atoms with van der Waals surface area (Å²) in [5.74, 6) is -0.696. The summed E-state index contributed by atoms with van der Waals surface area (Å²) < 4.78 is 0. The van der Waals surface area contributed by atoms with Gasteiger partial charge in [-0.05, 0) is 6.42 Å². The molecule has 0 aromatic carbocycles. The van der Waals surface area contributed by atoms with Crippen molar-refractivity contribution in [1.29, 1.82) is 0 Å². The van der Waals surface area contributed by atoms with Gasteiger partial charge >= 0.3 is 0 Å². The molecule has 0 aliphatic carbocycles. The van der Waals surface area contributed by atoms with Crippen LogP contribution in [0.4, 0.5) is 0 Å². The zero-order chi connectivity index (χ0) is 9.56. The number of hydroxylamine groups is 1. The lowest BCUT2D eigenvalue weighted by Crippen LogP contribution is -2.29. The smallest absolute Gasteiger partial charge is 0.270 e. The second kappa shape index (κ2) is 5.65. The molecule has 0 aromatic rings. The highest BCUT2D eigenvalue weighted by atomic mass is 16.7. The molecule has 0 saturated heterocycles. The highest BCUT2D eigenvalue weighted by molar-refractivity contribution is 5.76. The normalized spacial score (nSPS) is 10.0.